The second-order valence-corrected chi connectivity index (χ2v) is 5.09. The van der Waals surface area contributed by atoms with Crippen LogP contribution in [0.4, 0.5) is 17.1 Å². The highest BCUT2D eigenvalue weighted by Gasteiger charge is 2.08. The molecule has 0 fully saturated rings. The Morgan fingerprint density at radius 3 is 2.57 bits per heavy atom. The molecule has 0 unspecified atom stereocenters. The topological polar surface area (TPSA) is 85.1 Å². The van der Waals surface area contributed by atoms with E-state index in [1.807, 2.05) is 36.5 Å². The summed E-state index contributed by atoms with van der Waals surface area (Å²) in [7, 11) is 0. The fraction of sp³-hybridized carbons (Fsp3) is 0.111. The second-order valence-electron chi connectivity index (χ2n) is 5.09. The lowest BCUT2D eigenvalue weighted by Gasteiger charge is -2.09. The zero-order chi connectivity index (χ0) is 16.7. The van der Waals surface area contributed by atoms with Gasteiger partial charge in [0.15, 0.2) is 0 Å². The van der Waals surface area contributed by atoms with Gasteiger partial charge in [0.05, 0.1) is 5.69 Å². The lowest BCUT2D eigenvalue weighted by molar-refractivity contribution is -0.191. The van der Waals surface area contributed by atoms with Crippen molar-refractivity contribution in [2.45, 2.75) is 13.3 Å². The minimum atomic E-state index is 0.250. The number of anilines is 3. The summed E-state index contributed by atoms with van der Waals surface area (Å²) in [6.45, 7) is 2.11. The van der Waals surface area contributed by atoms with E-state index < -0.39 is 0 Å². The number of carbonyl (C=O) groups excluding carboxylic acids is 2. The number of hydrogen-bond acceptors (Lipinski definition) is 5. The number of benzene rings is 1. The van der Waals surface area contributed by atoms with Gasteiger partial charge in [-0.15, -0.1) is 0 Å². The van der Waals surface area contributed by atoms with Crippen LogP contribution in [0.25, 0.3) is 5.57 Å². The fourth-order valence-corrected chi connectivity index (χ4v) is 2.31. The normalized spacial score (nSPS) is 12.4. The predicted molar refractivity (Wildman–Crippen MR) is 89.7 cm³/mol. The Balaban J connectivity index is 0.000000595. The smallest absolute Gasteiger partial charge is 0.373 e. The van der Waals surface area contributed by atoms with Crippen LogP contribution in [0.2, 0.25) is 0 Å². The highest BCUT2D eigenvalue weighted by molar-refractivity contribution is 5.73. The van der Waals surface area contributed by atoms with Crippen molar-refractivity contribution >= 4 is 28.8 Å². The van der Waals surface area contributed by atoms with Crippen molar-refractivity contribution < 1.29 is 9.59 Å². The number of aromatic nitrogens is 1. The first-order chi connectivity index (χ1) is 11.1. The summed E-state index contributed by atoms with van der Waals surface area (Å²) in [6, 6.07) is 11.8. The molecule has 1 aromatic heterocycles. The van der Waals surface area contributed by atoms with Gasteiger partial charge in [0.25, 0.3) is 0 Å². The third-order valence-electron chi connectivity index (χ3n) is 3.31. The summed E-state index contributed by atoms with van der Waals surface area (Å²) in [4.78, 5) is 20.7. The molecule has 0 spiro atoms. The number of nitrogens with zero attached hydrogens (tertiary/aromatic N) is 1. The predicted octanol–water partition coefficient (Wildman–Crippen LogP) is 3.56. The van der Waals surface area contributed by atoms with Crippen molar-refractivity contribution in [3.05, 3.63) is 66.0 Å². The van der Waals surface area contributed by atoms with E-state index in [2.05, 4.69) is 35.4 Å². The van der Waals surface area contributed by atoms with Crippen LogP contribution in [0.3, 0.4) is 0 Å². The van der Waals surface area contributed by atoms with Crippen LogP contribution < -0.4 is 11.1 Å². The molecule has 5 heteroatoms. The maximum absolute atomic E-state index is 8.12. The average Bonchev–Trinajstić information content (AvgIpc) is 2.95. The second kappa shape index (κ2) is 7.73. The average molecular weight is 307 g/mol. The Kier molecular flexibility index (Phi) is 5.45. The Hall–Kier alpha value is -3.17. The number of nitrogens with one attached hydrogen (secondary N) is 1. The van der Waals surface area contributed by atoms with Crippen LogP contribution in [0.5, 0.6) is 0 Å². The van der Waals surface area contributed by atoms with Crippen molar-refractivity contribution in [1.29, 1.82) is 0 Å². The number of nitrogen functional groups attached to an aromatic ring is 1. The molecule has 0 saturated carbocycles. The SMILES string of the molecule is CC1=CCC(c2cc(Nc3cccc(N)c3)ccn2)=C1.O=C=O. The molecule has 1 aliphatic carbocycles. The van der Waals surface area contributed by atoms with Crippen molar-refractivity contribution in [2.24, 2.45) is 0 Å². The monoisotopic (exact) mass is 307 g/mol. The summed E-state index contributed by atoms with van der Waals surface area (Å²) in [6.07, 6.45) is 7.45. The van der Waals surface area contributed by atoms with E-state index in [9.17, 15) is 0 Å². The number of pyridine rings is 1. The van der Waals surface area contributed by atoms with Crippen molar-refractivity contribution in [1.82, 2.24) is 4.98 Å². The summed E-state index contributed by atoms with van der Waals surface area (Å²) < 4.78 is 0. The van der Waals surface area contributed by atoms with E-state index in [0.717, 1.165) is 29.2 Å². The first-order valence-electron chi connectivity index (χ1n) is 7.08. The Morgan fingerprint density at radius 1 is 1.17 bits per heavy atom. The van der Waals surface area contributed by atoms with Crippen LogP contribution in [0.1, 0.15) is 19.0 Å². The molecule has 3 N–H and O–H groups in total. The third-order valence-corrected chi connectivity index (χ3v) is 3.31. The molecule has 2 aromatic rings. The fourth-order valence-electron chi connectivity index (χ4n) is 2.31. The highest BCUT2D eigenvalue weighted by atomic mass is 16.2. The largest absolute Gasteiger partial charge is 0.399 e. The van der Waals surface area contributed by atoms with Gasteiger partial charge in [-0.05, 0) is 49.2 Å². The van der Waals surface area contributed by atoms with Gasteiger partial charge in [0.2, 0.25) is 0 Å². The zero-order valence-corrected chi connectivity index (χ0v) is 12.7. The molecule has 5 nitrogen and oxygen atoms in total. The molecule has 1 aromatic carbocycles. The molecule has 3 rings (SSSR count). The van der Waals surface area contributed by atoms with Gasteiger partial charge < -0.3 is 11.1 Å². The number of allylic oxidation sites excluding steroid dienone is 4. The molecule has 0 aliphatic heterocycles. The summed E-state index contributed by atoms with van der Waals surface area (Å²) in [5.41, 5.74) is 12.1. The molecule has 1 aliphatic rings. The van der Waals surface area contributed by atoms with Crippen LogP contribution in [-0.4, -0.2) is 11.1 Å². The van der Waals surface area contributed by atoms with Crippen LogP contribution >= 0.6 is 0 Å². The molecule has 1 heterocycles. The summed E-state index contributed by atoms with van der Waals surface area (Å²) >= 11 is 0. The van der Waals surface area contributed by atoms with Crippen molar-refractivity contribution in [2.75, 3.05) is 11.1 Å². The van der Waals surface area contributed by atoms with E-state index in [4.69, 9.17) is 15.3 Å². The number of rotatable bonds is 3. The standard InChI is InChI=1S/C17H17N3.CO2/c1-12-5-6-13(9-12)17-11-16(7-8-19-17)20-15-4-2-3-14(18)10-15;2-1-3/h2-5,7-11H,6,18H2,1H3,(H,19,20);. The number of hydrogen-bond donors (Lipinski definition) is 2. The van der Waals surface area contributed by atoms with Crippen LogP contribution in [0, 0.1) is 0 Å². The van der Waals surface area contributed by atoms with E-state index in [-0.39, 0.29) is 6.15 Å². The summed E-state index contributed by atoms with van der Waals surface area (Å²) in [5, 5.41) is 3.36. The molecule has 0 atom stereocenters. The van der Waals surface area contributed by atoms with Crippen molar-refractivity contribution in [3.8, 4) is 0 Å². The van der Waals surface area contributed by atoms with Crippen LogP contribution in [0.15, 0.2) is 60.3 Å². The van der Waals surface area contributed by atoms with Crippen LogP contribution in [-0.2, 0) is 9.59 Å². The molecule has 0 bridgehead atoms. The Labute approximate surface area is 134 Å². The molecule has 0 saturated heterocycles. The molecular formula is C18H17N3O2. The van der Waals surface area contributed by atoms with Gasteiger partial charge in [0.1, 0.15) is 0 Å². The molecule has 0 radical (unpaired) electrons. The highest BCUT2D eigenvalue weighted by Crippen LogP contribution is 2.27. The van der Waals surface area contributed by atoms with E-state index in [1.165, 1.54) is 11.1 Å². The van der Waals surface area contributed by atoms with Gasteiger partial charge in [-0.25, -0.2) is 0 Å². The molecular weight excluding hydrogens is 290 g/mol. The Morgan fingerprint density at radius 2 is 1.91 bits per heavy atom. The van der Waals surface area contributed by atoms with Gasteiger partial charge >= 0.3 is 6.15 Å². The van der Waals surface area contributed by atoms with Gasteiger partial charge in [0, 0.05) is 23.3 Å². The first kappa shape index (κ1) is 16.2. The van der Waals surface area contributed by atoms with Gasteiger partial charge in [-0.2, -0.15) is 9.59 Å². The van der Waals surface area contributed by atoms with Gasteiger partial charge in [-0.1, -0.05) is 23.8 Å². The van der Waals surface area contributed by atoms with Crippen molar-refractivity contribution in [3.63, 3.8) is 0 Å². The molecule has 0 amide bonds. The minimum Gasteiger partial charge on any atom is -0.399 e. The maximum atomic E-state index is 8.12. The number of nitrogens with two attached hydrogens (primary N) is 1. The lowest BCUT2D eigenvalue weighted by atomic mass is 10.1. The van der Waals surface area contributed by atoms with E-state index in [1.54, 1.807) is 0 Å². The first-order valence-corrected chi connectivity index (χ1v) is 7.08. The summed E-state index contributed by atoms with van der Waals surface area (Å²) in [5.74, 6) is 0. The Bertz CT molecular complexity index is 788. The maximum Gasteiger partial charge on any atom is 0.373 e. The van der Waals surface area contributed by atoms with E-state index in [0.29, 0.717) is 0 Å². The minimum absolute atomic E-state index is 0.250. The van der Waals surface area contributed by atoms with Gasteiger partial charge in [-0.3, -0.25) is 4.98 Å². The molecule has 23 heavy (non-hydrogen) atoms. The molecule has 116 valence electrons. The lowest BCUT2D eigenvalue weighted by Crippen LogP contribution is -1.94. The van der Waals surface area contributed by atoms with E-state index >= 15 is 0 Å². The third kappa shape index (κ3) is 4.66. The quantitative estimate of drug-likeness (QED) is 0.847. The zero-order valence-electron chi connectivity index (χ0n) is 12.7.